The van der Waals surface area contributed by atoms with E-state index in [9.17, 15) is 10.1 Å². The van der Waals surface area contributed by atoms with Crippen LogP contribution in [0.15, 0.2) is 0 Å². The summed E-state index contributed by atoms with van der Waals surface area (Å²) in [5.74, 6) is -0.565. The number of hydrogen-bond acceptors (Lipinski definition) is 6. The highest BCUT2D eigenvalue weighted by atomic mass is 35.5. The number of nitrogen functional groups attached to an aromatic ring is 1. The van der Waals surface area contributed by atoms with Gasteiger partial charge in [-0.3, -0.25) is 10.1 Å². The monoisotopic (exact) mass is 204 g/mol. The minimum absolute atomic E-state index is 0.194. The summed E-state index contributed by atoms with van der Waals surface area (Å²) in [4.78, 5) is 16.6. The molecule has 0 spiro atoms. The van der Waals surface area contributed by atoms with Gasteiger partial charge in [0.1, 0.15) is 0 Å². The zero-order valence-electron chi connectivity index (χ0n) is 6.52. The quantitative estimate of drug-likeness (QED) is 0.430. The maximum Gasteiger partial charge on any atom is 0.372 e. The second-order valence-electron chi connectivity index (χ2n) is 1.99. The van der Waals surface area contributed by atoms with Gasteiger partial charge in [-0.2, -0.15) is 9.97 Å². The van der Waals surface area contributed by atoms with Gasteiger partial charge >= 0.3 is 11.6 Å². The minimum atomic E-state index is -0.732. The van der Waals surface area contributed by atoms with Crippen LogP contribution in [0.2, 0.25) is 5.28 Å². The van der Waals surface area contributed by atoms with E-state index in [4.69, 9.17) is 17.3 Å². The first-order valence-electron chi connectivity index (χ1n) is 3.07. The minimum Gasteiger partial charge on any atom is -0.476 e. The molecule has 8 heteroatoms. The lowest BCUT2D eigenvalue weighted by Crippen LogP contribution is -2.03. The third-order valence-corrected chi connectivity index (χ3v) is 1.40. The van der Waals surface area contributed by atoms with E-state index in [1.807, 2.05) is 0 Å². The molecule has 0 amide bonds. The van der Waals surface area contributed by atoms with E-state index in [1.54, 1.807) is 0 Å². The second-order valence-corrected chi connectivity index (χ2v) is 2.33. The smallest absolute Gasteiger partial charge is 0.372 e. The van der Waals surface area contributed by atoms with Crippen LogP contribution in [0.25, 0.3) is 0 Å². The number of nitro groups is 1. The zero-order valence-corrected chi connectivity index (χ0v) is 7.28. The van der Waals surface area contributed by atoms with Crippen molar-refractivity contribution in [2.75, 3.05) is 12.8 Å². The Bertz CT molecular complexity index is 356. The molecule has 0 radical (unpaired) electrons. The van der Waals surface area contributed by atoms with Crippen LogP contribution in [0.3, 0.4) is 0 Å². The van der Waals surface area contributed by atoms with E-state index in [1.165, 1.54) is 7.11 Å². The molecular formula is C5H5ClN4O3. The average molecular weight is 205 g/mol. The fraction of sp³-hybridized carbons (Fsp3) is 0.200. The zero-order chi connectivity index (χ0) is 10.0. The van der Waals surface area contributed by atoms with Crippen LogP contribution in [0.5, 0.6) is 5.88 Å². The van der Waals surface area contributed by atoms with Crippen molar-refractivity contribution in [3.63, 3.8) is 0 Å². The van der Waals surface area contributed by atoms with E-state index < -0.39 is 10.6 Å². The Morgan fingerprint density at radius 3 is 2.69 bits per heavy atom. The number of anilines is 1. The predicted octanol–water partition coefficient (Wildman–Crippen LogP) is 0.629. The van der Waals surface area contributed by atoms with E-state index >= 15 is 0 Å². The molecule has 1 aromatic rings. The van der Waals surface area contributed by atoms with Crippen molar-refractivity contribution in [2.24, 2.45) is 0 Å². The molecule has 1 heterocycles. The fourth-order valence-electron chi connectivity index (χ4n) is 0.738. The Morgan fingerprint density at radius 1 is 1.62 bits per heavy atom. The van der Waals surface area contributed by atoms with Crippen LogP contribution in [0.1, 0.15) is 0 Å². The van der Waals surface area contributed by atoms with Crippen molar-refractivity contribution in [2.45, 2.75) is 0 Å². The van der Waals surface area contributed by atoms with Crippen molar-refractivity contribution < 1.29 is 9.66 Å². The summed E-state index contributed by atoms with van der Waals surface area (Å²) in [6.07, 6.45) is 0. The Kier molecular flexibility index (Phi) is 2.47. The molecule has 0 atom stereocenters. The number of nitrogens with zero attached hydrogens (tertiary/aromatic N) is 3. The van der Waals surface area contributed by atoms with Crippen LogP contribution in [-0.4, -0.2) is 22.0 Å². The fourth-order valence-corrected chi connectivity index (χ4v) is 0.905. The molecule has 7 nitrogen and oxygen atoms in total. The SMILES string of the molecule is COc1nc(Cl)nc(N)c1[N+](=O)[O-]. The third kappa shape index (κ3) is 1.75. The first-order valence-corrected chi connectivity index (χ1v) is 3.45. The lowest BCUT2D eigenvalue weighted by atomic mass is 10.5. The molecule has 0 aliphatic heterocycles. The Hall–Kier alpha value is -1.63. The molecule has 0 aromatic carbocycles. The Morgan fingerprint density at radius 2 is 2.23 bits per heavy atom. The Labute approximate surface area is 77.6 Å². The summed E-state index contributed by atoms with van der Waals surface area (Å²) in [5, 5.41) is 10.2. The van der Waals surface area contributed by atoms with Crippen molar-refractivity contribution >= 4 is 23.1 Å². The van der Waals surface area contributed by atoms with Gasteiger partial charge in [0.15, 0.2) is 0 Å². The number of ether oxygens (including phenoxy) is 1. The van der Waals surface area contributed by atoms with Gasteiger partial charge in [-0.1, -0.05) is 0 Å². The van der Waals surface area contributed by atoms with E-state index in [0.29, 0.717) is 0 Å². The molecule has 0 saturated carbocycles. The van der Waals surface area contributed by atoms with Crippen molar-refractivity contribution in [3.05, 3.63) is 15.4 Å². The molecule has 0 aliphatic rings. The first kappa shape index (κ1) is 9.46. The molecular weight excluding hydrogens is 200 g/mol. The molecule has 0 unspecified atom stereocenters. The number of nitrogens with two attached hydrogens (primary N) is 1. The molecule has 13 heavy (non-hydrogen) atoms. The van der Waals surface area contributed by atoms with Crippen molar-refractivity contribution in [3.8, 4) is 5.88 Å². The maximum absolute atomic E-state index is 10.4. The van der Waals surface area contributed by atoms with Crippen molar-refractivity contribution in [1.29, 1.82) is 0 Å². The summed E-state index contributed by atoms with van der Waals surface area (Å²) >= 11 is 5.40. The largest absolute Gasteiger partial charge is 0.476 e. The standard InChI is InChI=1S/C5H5ClN4O3/c1-13-4-2(10(11)12)3(7)8-5(6)9-4/h1H3,(H2,7,8,9). The highest BCUT2D eigenvalue weighted by Gasteiger charge is 2.23. The van der Waals surface area contributed by atoms with Gasteiger partial charge in [-0.05, 0) is 11.6 Å². The summed E-state index contributed by atoms with van der Waals surface area (Å²) in [7, 11) is 1.23. The normalized spacial score (nSPS) is 9.69. The maximum atomic E-state index is 10.4. The van der Waals surface area contributed by atoms with E-state index in [-0.39, 0.29) is 17.0 Å². The van der Waals surface area contributed by atoms with Gasteiger partial charge in [-0.15, -0.1) is 0 Å². The molecule has 0 fully saturated rings. The van der Waals surface area contributed by atoms with E-state index in [2.05, 4.69) is 14.7 Å². The summed E-state index contributed by atoms with van der Waals surface area (Å²) in [5.41, 5.74) is 4.76. The summed E-state index contributed by atoms with van der Waals surface area (Å²) < 4.78 is 4.61. The van der Waals surface area contributed by atoms with Gasteiger partial charge in [-0.25, -0.2) is 0 Å². The number of aromatic nitrogens is 2. The van der Waals surface area contributed by atoms with Crippen LogP contribution >= 0.6 is 11.6 Å². The lowest BCUT2D eigenvalue weighted by molar-refractivity contribution is -0.385. The number of hydrogen-bond donors (Lipinski definition) is 1. The van der Waals surface area contributed by atoms with Gasteiger partial charge in [0, 0.05) is 0 Å². The van der Waals surface area contributed by atoms with Crippen molar-refractivity contribution in [1.82, 2.24) is 9.97 Å². The van der Waals surface area contributed by atoms with Gasteiger partial charge in [0.05, 0.1) is 12.0 Å². The van der Waals surface area contributed by atoms with E-state index in [0.717, 1.165) is 0 Å². The van der Waals surface area contributed by atoms with Gasteiger partial charge in [0.2, 0.25) is 11.1 Å². The molecule has 1 rings (SSSR count). The summed E-state index contributed by atoms with van der Waals surface area (Å²) in [6.45, 7) is 0. The van der Waals surface area contributed by atoms with Gasteiger partial charge in [0.25, 0.3) is 0 Å². The van der Waals surface area contributed by atoms with Gasteiger partial charge < -0.3 is 10.5 Å². The van der Waals surface area contributed by atoms with Crippen LogP contribution in [0, 0.1) is 10.1 Å². The molecule has 0 saturated heterocycles. The molecule has 0 bridgehead atoms. The highest BCUT2D eigenvalue weighted by Crippen LogP contribution is 2.30. The number of halogens is 1. The first-order chi connectivity index (χ1) is 6.06. The molecule has 1 aromatic heterocycles. The average Bonchev–Trinajstić information content (AvgIpc) is 2.01. The highest BCUT2D eigenvalue weighted by molar-refractivity contribution is 6.28. The Balaban J connectivity index is 3.38. The summed E-state index contributed by atoms with van der Waals surface area (Å²) in [6, 6.07) is 0. The molecule has 70 valence electrons. The van der Waals surface area contributed by atoms with Crippen LogP contribution in [-0.2, 0) is 0 Å². The lowest BCUT2D eigenvalue weighted by Gasteiger charge is -2.01. The number of rotatable bonds is 2. The van der Waals surface area contributed by atoms with Crippen LogP contribution in [0.4, 0.5) is 11.5 Å². The molecule has 2 N–H and O–H groups in total. The van der Waals surface area contributed by atoms with Crippen LogP contribution < -0.4 is 10.5 Å². The number of methoxy groups -OCH3 is 1. The second kappa shape index (κ2) is 3.40. The molecule has 0 aliphatic carbocycles. The third-order valence-electron chi connectivity index (χ3n) is 1.23. The topological polar surface area (TPSA) is 104 Å². The predicted molar refractivity (Wildman–Crippen MR) is 44.7 cm³/mol.